The van der Waals surface area contributed by atoms with E-state index in [1.807, 2.05) is 0 Å². The van der Waals surface area contributed by atoms with Crippen LogP contribution in [0.2, 0.25) is 0 Å². The van der Waals surface area contributed by atoms with Gasteiger partial charge in [-0.15, -0.1) is 5.10 Å². The van der Waals surface area contributed by atoms with Gasteiger partial charge < -0.3 is 19.8 Å². The molecule has 0 saturated heterocycles. The molecule has 0 amide bonds. The highest BCUT2D eigenvalue weighted by Gasteiger charge is 2.42. The fraction of sp³-hybridized carbons (Fsp3) is 0.846. The van der Waals surface area contributed by atoms with Crippen molar-refractivity contribution in [2.24, 2.45) is 11.8 Å². The van der Waals surface area contributed by atoms with Crippen LogP contribution in [0.3, 0.4) is 0 Å². The van der Waals surface area contributed by atoms with Crippen molar-refractivity contribution >= 4 is 6.01 Å². The van der Waals surface area contributed by atoms with Crippen molar-refractivity contribution in [1.29, 1.82) is 0 Å². The van der Waals surface area contributed by atoms with Gasteiger partial charge in [-0.25, -0.2) is 0 Å². The molecule has 0 bridgehead atoms. The second kappa shape index (κ2) is 5.88. The Labute approximate surface area is 113 Å². The molecule has 6 heteroatoms. The lowest BCUT2D eigenvalue weighted by Gasteiger charge is -2.15. The van der Waals surface area contributed by atoms with Gasteiger partial charge in [-0.05, 0) is 37.5 Å². The molecule has 2 aliphatic carbocycles. The summed E-state index contributed by atoms with van der Waals surface area (Å²) in [6, 6.07) is 1.13. The molecule has 3 rings (SSSR count). The van der Waals surface area contributed by atoms with Gasteiger partial charge in [-0.3, -0.25) is 0 Å². The van der Waals surface area contributed by atoms with Crippen LogP contribution in [0.5, 0.6) is 0 Å². The second-order valence-electron chi connectivity index (χ2n) is 5.52. The molecule has 0 aromatic carbocycles. The molecule has 6 nitrogen and oxygen atoms in total. The molecule has 0 radical (unpaired) electrons. The number of nitrogens with zero attached hydrogens (tertiary/aromatic N) is 2. The number of ether oxygens (including phenoxy) is 1. The predicted octanol–water partition coefficient (Wildman–Crippen LogP) is 1.41. The largest absolute Gasteiger partial charge is 0.407 e. The first-order chi connectivity index (χ1) is 9.36. The van der Waals surface area contributed by atoms with Crippen LogP contribution in [0.1, 0.15) is 31.6 Å². The monoisotopic (exact) mass is 266 g/mol. The van der Waals surface area contributed by atoms with E-state index in [4.69, 9.17) is 9.15 Å². The topological polar surface area (TPSA) is 72.2 Å². The number of aromatic nitrogens is 2. The van der Waals surface area contributed by atoms with Crippen molar-refractivity contribution in [2.75, 3.05) is 25.6 Å². The lowest BCUT2D eigenvalue weighted by molar-refractivity contribution is 0.198. The van der Waals surface area contributed by atoms with Gasteiger partial charge in [0.25, 0.3) is 0 Å². The van der Waals surface area contributed by atoms with Gasteiger partial charge in [0, 0.05) is 19.7 Å². The van der Waals surface area contributed by atoms with E-state index in [-0.39, 0.29) is 0 Å². The third kappa shape index (κ3) is 3.67. The van der Waals surface area contributed by atoms with E-state index in [2.05, 4.69) is 20.8 Å². The molecule has 2 fully saturated rings. The Morgan fingerprint density at radius 1 is 1.26 bits per heavy atom. The number of hydrogen-bond acceptors (Lipinski definition) is 6. The Morgan fingerprint density at radius 2 is 2.00 bits per heavy atom. The summed E-state index contributed by atoms with van der Waals surface area (Å²) in [6.45, 7) is 2.06. The van der Waals surface area contributed by atoms with Gasteiger partial charge in [0.1, 0.15) is 0 Å². The SMILES string of the molecule is COCCNCc1nnc(NC(C2CC2)C2CC2)o1. The zero-order chi connectivity index (χ0) is 13.1. The molecule has 2 saturated carbocycles. The maximum absolute atomic E-state index is 5.61. The van der Waals surface area contributed by atoms with E-state index >= 15 is 0 Å². The average Bonchev–Trinajstić information content (AvgIpc) is 3.32. The number of anilines is 1. The van der Waals surface area contributed by atoms with Crippen LogP contribution < -0.4 is 10.6 Å². The summed E-state index contributed by atoms with van der Waals surface area (Å²) in [7, 11) is 1.69. The summed E-state index contributed by atoms with van der Waals surface area (Å²) in [4.78, 5) is 0. The van der Waals surface area contributed by atoms with E-state index in [9.17, 15) is 0 Å². The van der Waals surface area contributed by atoms with Crippen molar-refractivity contribution < 1.29 is 9.15 Å². The van der Waals surface area contributed by atoms with E-state index in [0.717, 1.165) is 18.4 Å². The minimum atomic E-state index is 0.551. The summed E-state index contributed by atoms with van der Waals surface area (Å²) < 4.78 is 10.6. The minimum absolute atomic E-state index is 0.551. The van der Waals surface area contributed by atoms with Gasteiger partial charge in [0.2, 0.25) is 5.89 Å². The molecule has 1 aromatic rings. The average molecular weight is 266 g/mol. The third-order valence-corrected chi connectivity index (χ3v) is 3.78. The van der Waals surface area contributed by atoms with Crippen LogP contribution in [0.4, 0.5) is 6.01 Å². The predicted molar refractivity (Wildman–Crippen MR) is 70.7 cm³/mol. The van der Waals surface area contributed by atoms with Crippen molar-refractivity contribution in [3.05, 3.63) is 5.89 Å². The van der Waals surface area contributed by atoms with E-state index < -0.39 is 0 Å². The van der Waals surface area contributed by atoms with Gasteiger partial charge in [-0.2, -0.15) is 0 Å². The fourth-order valence-corrected chi connectivity index (χ4v) is 2.43. The Balaban J connectivity index is 1.46. The lowest BCUT2D eigenvalue weighted by atomic mass is 10.1. The molecule has 0 unspecified atom stereocenters. The van der Waals surface area contributed by atoms with E-state index in [1.165, 1.54) is 25.7 Å². The van der Waals surface area contributed by atoms with Gasteiger partial charge in [0.15, 0.2) is 0 Å². The van der Waals surface area contributed by atoms with Crippen molar-refractivity contribution in [3.63, 3.8) is 0 Å². The molecule has 2 aliphatic rings. The molecule has 106 valence electrons. The highest BCUT2D eigenvalue weighted by Crippen LogP contribution is 2.45. The highest BCUT2D eigenvalue weighted by molar-refractivity contribution is 5.23. The summed E-state index contributed by atoms with van der Waals surface area (Å²) in [6.07, 6.45) is 5.36. The molecule has 0 aliphatic heterocycles. The molecule has 0 spiro atoms. The first kappa shape index (κ1) is 12.9. The number of nitrogens with one attached hydrogen (secondary N) is 2. The fourth-order valence-electron chi connectivity index (χ4n) is 2.43. The smallest absolute Gasteiger partial charge is 0.315 e. The van der Waals surface area contributed by atoms with E-state index in [1.54, 1.807) is 7.11 Å². The zero-order valence-electron chi connectivity index (χ0n) is 11.4. The van der Waals surface area contributed by atoms with Crippen LogP contribution in [-0.2, 0) is 11.3 Å². The quantitative estimate of drug-likeness (QED) is 0.658. The van der Waals surface area contributed by atoms with Crippen molar-refractivity contribution in [1.82, 2.24) is 15.5 Å². The third-order valence-electron chi connectivity index (χ3n) is 3.78. The van der Waals surface area contributed by atoms with Crippen LogP contribution in [0.15, 0.2) is 4.42 Å². The Morgan fingerprint density at radius 3 is 2.63 bits per heavy atom. The Hall–Kier alpha value is -1.14. The summed E-state index contributed by atoms with van der Waals surface area (Å²) in [5.41, 5.74) is 0. The number of rotatable bonds is 9. The van der Waals surface area contributed by atoms with Gasteiger partial charge in [-0.1, -0.05) is 5.10 Å². The zero-order valence-corrected chi connectivity index (χ0v) is 11.4. The standard InChI is InChI=1S/C13H22N4O2/c1-18-7-6-14-8-11-16-17-13(19-11)15-12(9-2-3-9)10-4-5-10/h9-10,12,14H,2-8H2,1H3,(H,15,17). The maximum atomic E-state index is 5.61. The molecular formula is C13H22N4O2. The minimum Gasteiger partial charge on any atom is -0.407 e. The highest BCUT2D eigenvalue weighted by atomic mass is 16.5. The number of hydrogen-bond donors (Lipinski definition) is 2. The van der Waals surface area contributed by atoms with Gasteiger partial charge in [0.05, 0.1) is 13.2 Å². The maximum Gasteiger partial charge on any atom is 0.315 e. The van der Waals surface area contributed by atoms with Crippen molar-refractivity contribution in [2.45, 2.75) is 38.3 Å². The normalized spacial score (nSPS) is 19.1. The van der Waals surface area contributed by atoms with Gasteiger partial charge >= 0.3 is 6.01 Å². The summed E-state index contributed by atoms with van der Waals surface area (Å²) in [5.74, 6) is 2.27. The van der Waals surface area contributed by atoms with Crippen LogP contribution in [0.25, 0.3) is 0 Å². The van der Waals surface area contributed by atoms with E-state index in [0.29, 0.717) is 31.1 Å². The molecule has 1 heterocycles. The van der Waals surface area contributed by atoms with Crippen LogP contribution in [0, 0.1) is 11.8 Å². The molecule has 19 heavy (non-hydrogen) atoms. The molecule has 2 N–H and O–H groups in total. The van der Waals surface area contributed by atoms with Crippen molar-refractivity contribution in [3.8, 4) is 0 Å². The van der Waals surface area contributed by atoms with Crippen LogP contribution in [-0.4, -0.2) is 36.5 Å². The molecule has 0 atom stereocenters. The summed E-state index contributed by atoms with van der Waals surface area (Å²) in [5, 5.41) is 14.7. The number of methoxy groups -OCH3 is 1. The Bertz CT molecular complexity index is 389. The first-order valence-electron chi connectivity index (χ1n) is 7.15. The summed E-state index contributed by atoms with van der Waals surface area (Å²) >= 11 is 0. The first-order valence-corrected chi connectivity index (χ1v) is 7.15. The molecule has 1 aromatic heterocycles. The molecular weight excluding hydrogens is 244 g/mol. The Kier molecular flexibility index (Phi) is 3.98. The second-order valence-corrected chi connectivity index (χ2v) is 5.52. The van der Waals surface area contributed by atoms with Crippen LogP contribution >= 0.6 is 0 Å². The lowest BCUT2D eigenvalue weighted by Crippen LogP contribution is -2.24.